The molecule has 0 aliphatic rings. The van der Waals surface area contributed by atoms with E-state index in [1.165, 1.54) is 10.1 Å². The highest BCUT2D eigenvalue weighted by molar-refractivity contribution is 6.06. The van der Waals surface area contributed by atoms with E-state index >= 15 is 0 Å². The highest BCUT2D eigenvalue weighted by Crippen LogP contribution is 2.21. The van der Waals surface area contributed by atoms with Crippen LogP contribution in [0.25, 0.3) is 5.78 Å². The van der Waals surface area contributed by atoms with Gasteiger partial charge in [0.15, 0.2) is 0 Å². The Morgan fingerprint density at radius 2 is 1.72 bits per heavy atom. The lowest BCUT2D eigenvalue weighted by molar-refractivity contribution is 0.0983. The van der Waals surface area contributed by atoms with Gasteiger partial charge in [-0.05, 0) is 49.4 Å². The van der Waals surface area contributed by atoms with Crippen LogP contribution in [0.1, 0.15) is 58.1 Å². The van der Waals surface area contributed by atoms with Crippen molar-refractivity contribution in [3.63, 3.8) is 0 Å². The summed E-state index contributed by atoms with van der Waals surface area (Å²) >= 11 is 0. The number of benzene rings is 2. The van der Waals surface area contributed by atoms with Crippen LogP contribution in [0.2, 0.25) is 0 Å². The van der Waals surface area contributed by atoms with Crippen LogP contribution < -0.4 is 10.5 Å². The van der Waals surface area contributed by atoms with E-state index in [-0.39, 0.29) is 23.2 Å². The van der Waals surface area contributed by atoms with Gasteiger partial charge >= 0.3 is 0 Å². The van der Waals surface area contributed by atoms with Gasteiger partial charge in [-0.25, -0.2) is 4.98 Å². The Morgan fingerprint density at radius 1 is 1.03 bits per heavy atom. The van der Waals surface area contributed by atoms with E-state index in [1.807, 2.05) is 37.3 Å². The van der Waals surface area contributed by atoms with Crippen LogP contribution in [0.15, 0.2) is 53.3 Å². The maximum absolute atomic E-state index is 13.6. The molecule has 7 nitrogen and oxygen atoms in total. The number of hydrogen-bond donors (Lipinski definition) is 1. The Balaban J connectivity index is 1.81. The van der Waals surface area contributed by atoms with Crippen molar-refractivity contribution in [3.05, 3.63) is 92.4 Å². The first-order chi connectivity index (χ1) is 15.3. The standard InChI is InChI=1S/C25H27N5O2/c1-15(2)20-12-10-19(11-13-20)14-29(23(32)21-9-7-6-8-16(21)3)25-27-24-26-18(5)17(4)22(31)30(24)28-25/h6-13,15H,14H2,1-5H3,(H,26,27,28). The fourth-order valence-corrected chi connectivity index (χ4v) is 3.60. The van der Waals surface area contributed by atoms with E-state index < -0.39 is 0 Å². The number of aromatic nitrogens is 4. The average Bonchev–Trinajstić information content (AvgIpc) is 3.20. The van der Waals surface area contributed by atoms with Crippen molar-refractivity contribution in [3.8, 4) is 0 Å². The molecule has 0 spiro atoms. The molecule has 0 aliphatic heterocycles. The van der Waals surface area contributed by atoms with Gasteiger partial charge < -0.3 is 0 Å². The van der Waals surface area contributed by atoms with Gasteiger partial charge in [-0.2, -0.15) is 9.50 Å². The predicted molar refractivity (Wildman–Crippen MR) is 125 cm³/mol. The van der Waals surface area contributed by atoms with Crippen LogP contribution in [0, 0.1) is 20.8 Å². The van der Waals surface area contributed by atoms with Crippen molar-refractivity contribution < 1.29 is 4.79 Å². The van der Waals surface area contributed by atoms with E-state index in [4.69, 9.17) is 0 Å². The molecular formula is C25H27N5O2. The monoisotopic (exact) mass is 429 g/mol. The second-order valence-electron chi connectivity index (χ2n) is 8.41. The smallest absolute Gasteiger partial charge is 0.272 e. The third-order valence-electron chi connectivity index (χ3n) is 5.82. The molecule has 1 N–H and O–H groups in total. The van der Waals surface area contributed by atoms with Crippen LogP contribution in [0.5, 0.6) is 0 Å². The summed E-state index contributed by atoms with van der Waals surface area (Å²) < 4.78 is 1.29. The molecule has 2 aromatic carbocycles. The lowest BCUT2D eigenvalue weighted by atomic mass is 10.0. The van der Waals surface area contributed by atoms with Gasteiger partial charge in [0, 0.05) is 16.8 Å². The summed E-state index contributed by atoms with van der Waals surface area (Å²) in [6, 6.07) is 15.6. The molecule has 7 heteroatoms. The molecule has 0 radical (unpaired) electrons. The highest BCUT2D eigenvalue weighted by atomic mass is 16.2. The van der Waals surface area contributed by atoms with E-state index in [0.717, 1.165) is 11.1 Å². The number of hydrogen-bond acceptors (Lipinski definition) is 4. The second-order valence-corrected chi connectivity index (χ2v) is 8.41. The Labute approximate surface area is 186 Å². The maximum atomic E-state index is 13.6. The summed E-state index contributed by atoms with van der Waals surface area (Å²) in [5.74, 6) is 0.747. The Morgan fingerprint density at radius 3 is 2.38 bits per heavy atom. The van der Waals surface area contributed by atoms with Crippen LogP contribution in [-0.4, -0.2) is 25.5 Å². The first kappa shape index (κ1) is 21.5. The number of aryl methyl sites for hydroxylation is 2. The Hall–Kier alpha value is -3.74. The number of nitrogens with zero attached hydrogens (tertiary/aromatic N) is 4. The summed E-state index contributed by atoms with van der Waals surface area (Å²) in [6.45, 7) is 10.00. The van der Waals surface area contributed by atoms with Crippen LogP contribution in [-0.2, 0) is 6.54 Å². The van der Waals surface area contributed by atoms with Crippen molar-refractivity contribution >= 4 is 17.6 Å². The van der Waals surface area contributed by atoms with E-state index in [9.17, 15) is 9.59 Å². The summed E-state index contributed by atoms with van der Waals surface area (Å²) in [7, 11) is 0. The molecule has 4 aromatic rings. The van der Waals surface area contributed by atoms with E-state index in [1.54, 1.807) is 24.8 Å². The third kappa shape index (κ3) is 3.93. The van der Waals surface area contributed by atoms with E-state index in [2.05, 4.69) is 41.0 Å². The normalized spacial score (nSPS) is 11.3. The molecule has 0 atom stereocenters. The summed E-state index contributed by atoms with van der Waals surface area (Å²) in [5.41, 5.74) is 4.58. The maximum Gasteiger partial charge on any atom is 0.277 e. The fraction of sp³-hybridized carbons (Fsp3) is 0.280. The van der Waals surface area contributed by atoms with Crippen molar-refractivity contribution in [2.75, 3.05) is 4.90 Å². The number of carbonyl (C=O) groups is 1. The molecule has 2 aromatic heterocycles. The minimum absolute atomic E-state index is 0.198. The number of carbonyl (C=O) groups excluding carboxylic acids is 1. The SMILES string of the molecule is Cc1ccccc1C(=O)N(Cc1ccc(C(C)C)cc1)c1nc2nc(C)c(C)c(=O)n2[nH]1. The van der Waals surface area contributed by atoms with Gasteiger partial charge in [0.05, 0.1) is 6.54 Å². The number of fused-ring (bicyclic) bond motifs is 1. The lowest BCUT2D eigenvalue weighted by Crippen LogP contribution is -2.32. The van der Waals surface area contributed by atoms with Crippen LogP contribution >= 0.6 is 0 Å². The molecule has 0 saturated carbocycles. The molecule has 2 heterocycles. The number of anilines is 1. The summed E-state index contributed by atoms with van der Waals surface area (Å²) in [4.78, 5) is 36.8. The largest absolute Gasteiger partial charge is 0.277 e. The van der Waals surface area contributed by atoms with Crippen LogP contribution in [0.4, 0.5) is 5.95 Å². The molecule has 4 rings (SSSR count). The summed E-state index contributed by atoms with van der Waals surface area (Å²) in [5, 5.41) is 2.99. The molecule has 0 saturated heterocycles. The number of H-pyrrole nitrogens is 1. The quantitative estimate of drug-likeness (QED) is 0.512. The third-order valence-corrected chi connectivity index (χ3v) is 5.82. The van der Waals surface area contributed by atoms with Crippen molar-refractivity contribution in [2.45, 2.75) is 47.1 Å². The number of nitrogens with one attached hydrogen (secondary N) is 1. The van der Waals surface area contributed by atoms with Crippen molar-refractivity contribution in [1.29, 1.82) is 0 Å². The van der Waals surface area contributed by atoms with Gasteiger partial charge in [0.25, 0.3) is 17.2 Å². The minimum Gasteiger partial charge on any atom is -0.272 e. The molecule has 0 unspecified atom stereocenters. The predicted octanol–water partition coefficient (Wildman–Crippen LogP) is 4.31. The van der Waals surface area contributed by atoms with Gasteiger partial charge in [-0.3, -0.25) is 19.6 Å². The van der Waals surface area contributed by atoms with Gasteiger partial charge in [0.2, 0.25) is 5.95 Å². The molecule has 0 aliphatic carbocycles. The van der Waals surface area contributed by atoms with Gasteiger partial charge in [-0.1, -0.05) is 56.3 Å². The highest BCUT2D eigenvalue weighted by Gasteiger charge is 2.24. The van der Waals surface area contributed by atoms with Crippen molar-refractivity contribution in [2.24, 2.45) is 0 Å². The fourth-order valence-electron chi connectivity index (χ4n) is 3.60. The second kappa shape index (κ2) is 8.42. The zero-order valence-electron chi connectivity index (χ0n) is 19.0. The molecule has 32 heavy (non-hydrogen) atoms. The van der Waals surface area contributed by atoms with Gasteiger partial charge in [-0.15, -0.1) is 0 Å². The van der Waals surface area contributed by atoms with Crippen LogP contribution in [0.3, 0.4) is 0 Å². The molecule has 164 valence electrons. The minimum atomic E-state index is -0.226. The Bertz CT molecular complexity index is 1350. The molecule has 1 amide bonds. The molecular weight excluding hydrogens is 402 g/mol. The van der Waals surface area contributed by atoms with Crippen molar-refractivity contribution in [1.82, 2.24) is 19.6 Å². The zero-order chi connectivity index (χ0) is 23.0. The summed E-state index contributed by atoms with van der Waals surface area (Å²) in [6.07, 6.45) is 0. The zero-order valence-corrected chi connectivity index (χ0v) is 19.0. The number of aromatic amines is 1. The Kier molecular flexibility index (Phi) is 5.65. The number of rotatable bonds is 5. The van der Waals surface area contributed by atoms with Gasteiger partial charge in [0.1, 0.15) is 0 Å². The molecule has 0 fully saturated rings. The number of amides is 1. The average molecular weight is 430 g/mol. The van der Waals surface area contributed by atoms with E-state index in [0.29, 0.717) is 29.3 Å². The topological polar surface area (TPSA) is 83.4 Å². The first-order valence-electron chi connectivity index (χ1n) is 10.7. The first-order valence-corrected chi connectivity index (χ1v) is 10.7. The lowest BCUT2D eigenvalue weighted by Gasteiger charge is -2.21. The molecule has 0 bridgehead atoms.